The quantitative estimate of drug-likeness (QED) is 0.311. The summed E-state index contributed by atoms with van der Waals surface area (Å²) < 4.78 is 1.12. The number of hydrogen-bond acceptors (Lipinski definition) is 1. The van der Waals surface area contributed by atoms with Gasteiger partial charge < -0.3 is 10.2 Å². The number of unbranched alkanes of at least 4 members (excludes halogenated alkanes) is 13. The highest BCUT2D eigenvalue weighted by molar-refractivity contribution is 4.49. The predicted octanol–water partition coefficient (Wildman–Crippen LogP) is 5.11. The lowest BCUT2D eigenvalue weighted by Crippen LogP contribution is -2.35. The third-order valence-corrected chi connectivity index (χ3v) is 4.28. The van der Waals surface area contributed by atoms with Gasteiger partial charge >= 0.3 is 0 Å². The lowest BCUT2D eigenvalue weighted by molar-refractivity contribution is -0.870. The maximum Gasteiger partial charge on any atom is 0.0780 e. The molecule has 0 saturated heterocycles. The molecule has 21 heavy (non-hydrogen) atoms. The summed E-state index contributed by atoms with van der Waals surface area (Å²) in [4.78, 5) is 0. The number of hydrogen-bond donors (Lipinski definition) is 1. The topological polar surface area (TPSA) is 26.0 Å². The molecule has 0 rings (SSSR count). The number of rotatable bonds is 16. The number of nitrogens with zero attached hydrogens (tertiary/aromatic N) is 1. The van der Waals surface area contributed by atoms with E-state index in [-0.39, 0.29) is 0 Å². The van der Waals surface area contributed by atoms with Crippen molar-refractivity contribution in [3.8, 4) is 0 Å². The second-order valence-corrected chi connectivity index (χ2v) is 7.75. The molecular weight excluding hydrogens is 256 g/mol. The summed E-state index contributed by atoms with van der Waals surface area (Å²) in [6, 6.07) is 0. The van der Waals surface area contributed by atoms with Crippen LogP contribution >= 0.6 is 0 Å². The first-order valence-electron chi connectivity index (χ1n) is 9.57. The fraction of sp³-hybridized carbons (Fsp3) is 1.00. The lowest BCUT2D eigenvalue weighted by Gasteiger charge is -2.23. The van der Waals surface area contributed by atoms with Crippen molar-refractivity contribution in [2.24, 2.45) is 5.73 Å². The van der Waals surface area contributed by atoms with Gasteiger partial charge in [-0.15, -0.1) is 0 Å². The Hall–Kier alpha value is -0.0800. The van der Waals surface area contributed by atoms with Crippen LogP contribution < -0.4 is 5.73 Å². The van der Waals surface area contributed by atoms with Crippen LogP contribution in [0.5, 0.6) is 0 Å². The van der Waals surface area contributed by atoms with Gasteiger partial charge in [0.1, 0.15) is 0 Å². The van der Waals surface area contributed by atoms with Gasteiger partial charge in [0, 0.05) is 0 Å². The van der Waals surface area contributed by atoms with Crippen molar-refractivity contribution < 1.29 is 4.48 Å². The third-order valence-electron chi connectivity index (χ3n) is 4.28. The maximum atomic E-state index is 5.49. The van der Waals surface area contributed by atoms with E-state index in [9.17, 15) is 0 Å². The van der Waals surface area contributed by atoms with Crippen molar-refractivity contribution in [3.63, 3.8) is 0 Å². The van der Waals surface area contributed by atoms with Gasteiger partial charge in [0.05, 0.1) is 27.7 Å². The van der Waals surface area contributed by atoms with Crippen LogP contribution in [0.25, 0.3) is 0 Å². The zero-order valence-electron chi connectivity index (χ0n) is 15.3. The van der Waals surface area contributed by atoms with Crippen LogP contribution in [0.15, 0.2) is 0 Å². The molecule has 0 heterocycles. The molecular formula is C19H43N2+. The fourth-order valence-corrected chi connectivity index (χ4v) is 2.85. The molecule has 0 aromatic carbocycles. The summed E-state index contributed by atoms with van der Waals surface area (Å²) in [5.74, 6) is 0. The molecule has 2 N–H and O–H groups in total. The molecule has 0 fully saturated rings. The van der Waals surface area contributed by atoms with Gasteiger partial charge in [0.2, 0.25) is 0 Å². The molecule has 0 radical (unpaired) electrons. The highest BCUT2D eigenvalue weighted by Gasteiger charge is 2.04. The Bertz CT molecular complexity index is 196. The Morgan fingerprint density at radius 3 is 1.05 bits per heavy atom. The predicted molar refractivity (Wildman–Crippen MR) is 96.6 cm³/mol. The minimum absolute atomic E-state index is 0.870. The molecule has 0 spiro atoms. The first kappa shape index (κ1) is 20.9. The zero-order chi connectivity index (χ0) is 15.8. The van der Waals surface area contributed by atoms with Gasteiger partial charge in [-0.3, -0.25) is 0 Å². The van der Waals surface area contributed by atoms with E-state index in [2.05, 4.69) is 21.1 Å². The molecule has 0 aliphatic carbocycles. The Morgan fingerprint density at radius 1 is 0.476 bits per heavy atom. The standard InChI is InChI=1S/C19H43N2/c1-21(2,3)19-17-15-13-11-9-7-5-4-6-8-10-12-14-16-18-20/h4-20H2,1-3H3/q+1. The first-order chi connectivity index (χ1) is 10.1. The smallest absolute Gasteiger partial charge is 0.0780 e. The highest BCUT2D eigenvalue weighted by Crippen LogP contribution is 2.13. The minimum Gasteiger partial charge on any atom is -0.331 e. The van der Waals surface area contributed by atoms with Crippen molar-refractivity contribution in [2.45, 2.75) is 89.9 Å². The Balaban J connectivity index is 3.00. The molecule has 0 aromatic rings. The zero-order valence-corrected chi connectivity index (χ0v) is 15.3. The molecule has 0 unspecified atom stereocenters. The van der Waals surface area contributed by atoms with Crippen LogP contribution in [0, 0.1) is 0 Å². The van der Waals surface area contributed by atoms with Gasteiger partial charge in [0.25, 0.3) is 0 Å². The molecule has 0 aliphatic rings. The molecule has 0 aliphatic heterocycles. The van der Waals surface area contributed by atoms with Crippen molar-refractivity contribution in [3.05, 3.63) is 0 Å². The van der Waals surface area contributed by atoms with E-state index in [0.29, 0.717) is 0 Å². The average Bonchev–Trinajstić information content (AvgIpc) is 2.42. The molecule has 0 bridgehead atoms. The van der Waals surface area contributed by atoms with Crippen LogP contribution in [0.4, 0.5) is 0 Å². The van der Waals surface area contributed by atoms with Crippen LogP contribution in [0.3, 0.4) is 0 Å². The van der Waals surface area contributed by atoms with Gasteiger partial charge in [-0.2, -0.15) is 0 Å². The summed E-state index contributed by atoms with van der Waals surface area (Å²) in [5.41, 5.74) is 5.49. The van der Waals surface area contributed by atoms with Crippen LogP contribution in [0.2, 0.25) is 0 Å². The molecule has 0 aromatic heterocycles. The second-order valence-electron chi connectivity index (χ2n) is 7.75. The van der Waals surface area contributed by atoms with E-state index in [1.54, 1.807) is 0 Å². The molecule has 128 valence electrons. The van der Waals surface area contributed by atoms with Gasteiger partial charge in [-0.1, -0.05) is 70.6 Å². The van der Waals surface area contributed by atoms with Crippen LogP contribution in [-0.4, -0.2) is 38.7 Å². The van der Waals surface area contributed by atoms with E-state index < -0.39 is 0 Å². The summed E-state index contributed by atoms with van der Waals surface area (Å²) in [5, 5.41) is 0. The Kier molecular flexibility index (Phi) is 14.8. The first-order valence-corrected chi connectivity index (χ1v) is 9.57. The van der Waals surface area contributed by atoms with E-state index in [1.807, 2.05) is 0 Å². The second kappa shape index (κ2) is 14.8. The van der Waals surface area contributed by atoms with E-state index >= 15 is 0 Å². The SMILES string of the molecule is C[N+](C)(C)CCCCCCCCCCCCCCCCN. The normalized spacial score (nSPS) is 12.0. The summed E-state index contributed by atoms with van der Waals surface area (Å²) in [7, 11) is 6.87. The van der Waals surface area contributed by atoms with Crippen LogP contribution in [0.1, 0.15) is 89.9 Å². The largest absolute Gasteiger partial charge is 0.331 e. The van der Waals surface area contributed by atoms with Gasteiger partial charge in [-0.25, -0.2) is 0 Å². The van der Waals surface area contributed by atoms with Gasteiger partial charge in [-0.05, 0) is 25.8 Å². The molecule has 2 nitrogen and oxygen atoms in total. The van der Waals surface area contributed by atoms with E-state index in [4.69, 9.17) is 5.73 Å². The maximum absolute atomic E-state index is 5.49. The summed E-state index contributed by atoms with van der Waals surface area (Å²) in [6.07, 6.45) is 19.8. The average molecular weight is 300 g/mol. The third kappa shape index (κ3) is 19.9. The highest BCUT2D eigenvalue weighted by atomic mass is 15.3. The van der Waals surface area contributed by atoms with Crippen molar-refractivity contribution in [2.75, 3.05) is 34.2 Å². The molecule has 0 atom stereocenters. The van der Waals surface area contributed by atoms with Crippen molar-refractivity contribution in [1.29, 1.82) is 0 Å². The summed E-state index contributed by atoms with van der Waals surface area (Å²) >= 11 is 0. The molecule has 0 amide bonds. The molecule has 2 heteroatoms. The minimum atomic E-state index is 0.870. The van der Waals surface area contributed by atoms with E-state index in [0.717, 1.165) is 11.0 Å². The van der Waals surface area contributed by atoms with Crippen LogP contribution in [-0.2, 0) is 0 Å². The van der Waals surface area contributed by atoms with Crippen molar-refractivity contribution >= 4 is 0 Å². The summed E-state index contributed by atoms with van der Waals surface area (Å²) in [6.45, 7) is 2.20. The van der Waals surface area contributed by atoms with Gasteiger partial charge in [0.15, 0.2) is 0 Å². The van der Waals surface area contributed by atoms with Crippen molar-refractivity contribution in [1.82, 2.24) is 0 Å². The number of nitrogens with two attached hydrogens (primary N) is 1. The Morgan fingerprint density at radius 2 is 0.762 bits per heavy atom. The number of quaternary nitrogens is 1. The molecule has 0 saturated carbocycles. The van der Waals surface area contributed by atoms with E-state index in [1.165, 1.54) is 96.4 Å². The lowest BCUT2D eigenvalue weighted by atomic mass is 10.0. The Labute approximate surface area is 135 Å². The fourth-order valence-electron chi connectivity index (χ4n) is 2.85. The monoisotopic (exact) mass is 299 g/mol.